The maximum Gasteiger partial charge on any atom is 0.231 e. The van der Waals surface area contributed by atoms with Crippen molar-refractivity contribution in [2.45, 2.75) is 32.2 Å². The number of hydrogen-bond donors (Lipinski definition) is 1. The molecule has 1 aromatic rings. The fourth-order valence-corrected chi connectivity index (χ4v) is 3.04. The number of nitrogens with one attached hydrogen (secondary N) is 1. The molecule has 1 N–H and O–H groups in total. The van der Waals surface area contributed by atoms with Gasteiger partial charge in [0.2, 0.25) is 6.79 Å². The van der Waals surface area contributed by atoms with Crippen LogP contribution >= 0.6 is 15.9 Å². The van der Waals surface area contributed by atoms with Gasteiger partial charge in [0.15, 0.2) is 11.5 Å². The predicted octanol–water partition coefficient (Wildman–Crippen LogP) is 3.28. The Hall–Kier alpha value is -0.740. The minimum absolute atomic E-state index is 0.334. The average molecular weight is 312 g/mol. The fraction of sp³-hybridized carbons (Fsp3) is 0.571. The van der Waals surface area contributed by atoms with E-state index in [4.69, 9.17) is 9.47 Å². The van der Waals surface area contributed by atoms with Crippen LogP contribution in [0.1, 0.15) is 31.7 Å². The number of rotatable bonds is 4. The Morgan fingerprint density at radius 1 is 1.39 bits per heavy atom. The lowest BCUT2D eigenvalue weighted by molar-refractivity contribution is 0.173. The van der Waals surface area contributed by atoms with E-state index < -0.39 is 0 Å². The monoisotopic (exact) mass is 311 g/mol. The standard InChI is InChI=1S/C14H18BrNO2/c1-8(2)16-6-10-3-11(10)9-4-12(15)14-13(5-9)17-7-18-14/h4-5,8,10-11,16H,3,6-7H2,1-2H3. The summed E-state index contributed by atoms with van der Waals surface area (Å²) in [4.78, 5) is 0. The molecular weight excluding hydrogens is 294 g/mol. The van der Waals surface area contributed by atoms with Crippen LogP contribution in [0.25, 0.3) is 0 Å². The zero-order chi connectivity index (χ0) is 12.7. The molecule has 2 unspecified atom stereocenters. The van der Waals surface area contributed by atoms with Gasteiger partial charge in [0.05, 0.1) is 4.47 Å². The highest BCUT2D eigenvalue weighted by atomic mass is 79.9. The first-order valence-electron chi connectivity index (χ1n) is 6.47. The molecule has 1 fully saturated rings. The van der Waals surface area contributed by atoms with Gasteiger partial charge in [-0.1, -0.05) is 13.8 Å². The minimum atomic E-state index is 0.334. The molecule has 0 aromatic heterocycles. The molecule has 1 aliphatic carbocycles. The lowest BCUT2D eigenvalue weighted by Crippen LogP contribution is -2.25. The quantitative estimate of drug-likeness (QED) is 0.925. The third kappa shape index (κ3) is 2.36. The number of hydrogen-bond acceptors (Lipinski definition) is 3. The van der Waals surface area contributed by atoms with E-state index in [1.807, 2.05) is 0 Å². The molecule has 1 aliphatic heterocycles. The van der Waals surface area contributed by atoms with Crippen LogP contribution in [-0.4, -0.2) is 19.4 Å². The summed E-state index contributed by atoms with van der Waals surface area (Å²) in [7, 11) is 0. The van der Waals surface area contributed by atoms with Gasteiger partial charge in [-0.05, 0) is 58.4 Å². The third-order valence-corrected chi connectivity index (χ3v) is 4.18. The van der Waals surface area contributed by atoms with E-state index in [-0.39, 0.29) is 0 Å². The van der Waals surface area contributed by atoms with E-state index in [2.05, 4.69) is 47.2 Å². The molecule has 98 valence electrons. The zero-order valence-electron chi connectivity index (χ0n) is 10.7. The molecule has 0 radical (unpaired) electrons. The first kappa shape index (κ1) is 12.3. The van der Waals surface area contributed by atoms with Crippen LogP contribution in [0.4, 0.5) is 0 Å². The highest BCUT2D eigenvalue weighted by Gasteiger charge is 2.39. The van der Waals surface area contributed by atoms with Crippen LogP contribution in [0.2, 0.25) is 0 Å². The van der Waals surface area contributed by atoms with Crippen molar-refractivity contribution in [3.05, 3.63) is 22.2 Å². The molecule has 3 nitrogen and oxygen atoms in total. The minimum Gasteiger partial charge on any atom is -0.454 e. The van der Waals surface area contributed by atoms with Crippen LogP contribution in [-0.2, 0) is 0 Å². The SMILES string of the molecule is CC(C)NCC1CC1c1cc(Br)c2c(c1)OCO2. The smallest absolute Gasteiger partial charge is 0.231 e. The molecule has 18 heavy (non-hydrogen) atoms. The van der Waals surface area contributed by atoms with E-state index in [1.54, 1.807) is 0 Å². The molecule has 0 saturated heterocycles. The summed E-state index contributed by atoms with van der Waals surface area (Å²) < 4.78 is 11.9. The zero-order valence-corrected chi connectivity index (χ0v) is 12.3. The van der Waals surface area contributed by atoms with Crippen molar-refractivity contribution >= 4 is 15.9 Å². The van der Waals surface area contributed by atoms with Gasteiger partial charge in [-0.3, -0.25) is 0 Å². The summed E-state index contributed by atoms with van der Waals surface area (Å²) in [6.45, 7) is 5.82. The molecule has 0 spiro atoms. The van der Waals surface area contributed by atoms with Gasteiger partial charge in [-0.25, -0.2) is 0 Å². The summed E-state index contributed by atoms with van der Waals surface area (Å²) in [6, 6.07) is 4.87. The van der Waals surface area contributed by atoms with Gasteiger partial charge >= 0.3 is 0 Å². The molecule has 3 rings (SSSR count). The molecule has 0 bridgehead atoms. The summed E-state index contributed by atoms with van der Waals surface area (Å²) in [5.41, 5.74) is 1.36. The Morgan fingerprint density at radius 2 is 2.22 bits per heavy atom. The second-order valence-electron chi connectivity index (χ2n) is 5.40. The number of ether oxygens (including phenoxy) is 2. The second kappa shape index (κ2) is 4.74. The molecule has 1 heterocycles. The van der Waals surface area contributed by atoms with Crippen molar-refractivity contribution in [3.63, 3.8) is 0 Å². The normalized spacial score (nSPS) is 24.7. The van der Waals surface area contributed by atoms with Crippen LogP contribution in [0.15, 0.2) is 16.6 Å². The largest absolute Gasteiger partial charge is 0.454 e. The van der Waals surface area contributed by atoms with Crippen LogP contribution in [0, 0.1) is 5.92 Å². The van der Waals surface area contributed by atoms with Crippen LogP contribution < -0.4 is 14.8 Å². The Morgan fingerprint density at radius 3 is 3.00 bits per heavy atom. The summed E-state index contributed by atoms with van der Waals surface area (Å²) in [5.74, 6) is 3.15. The van der Waals surface area contributed by atoms with Gasteiger partial charge in [0, 0.05) is 6.04 Å². The van der Waals surface area contributed by atoms with Crippen molar-refractivity contribution in [3.8, 4) is 11.5 Å². The average Bonchev–Trinajstić information content (AvgIpc) is 2.94. The molecule has 2 atom stereocenters. The van der Waals surface area contributed by atoms with Crippen molar-refractivity contribution in [1.29, 1.82) is 0 Å². The van der Waals surface area contributed by atoms with Gasteiger partial charge in [0.1, 0.15) is 0 Å². The molecule has 2 aliphatic rings. The van der Waals surface area contributed by atoms with Gasteiger partial charge in [-0.15, -0.1) is 0 Å². The summed E-state index contributed by atoms with van der Waals surface area (Å²) in [5, 5.41) is 3.51. The Bertz CT molecular complexity index is 461. The van der Waals surface area contributed by atoms with Crippen molar-refractivity contribution in [2.24, 2.45) is 5.92 Å². The molecule has 1 aromatic carbocycles. The maximum absolute atomic E-state index is 5.46. The van der Waals surface area contributed by atoms with Crippen LogP contribution in [0.3, 0.4) is 0 Å². The number of fused-ring (bicyclic) bond motifs is 1. The van der Waals surface area contributed by atoms with Crippen molar-refractivity contribution in [2.75, 3.05) is 13.3 Å². The second-order valence-corrected chi connectivity index (χ2v) is 6.26. The predicted molar refractivity (Wildman–Crippen MR) is 74.3 cm³/mol. The lowest BCUT2D eigenvalue weighted by Gasteiger charge is -2.08. The summed E-state index contributed by atoms with van der Waals surface area (Å²) in [6.07, 6.45) is 1.27. The molecule has 0 amide bonds. The molecule has 1 saturated carbocycles. The summed E-state index contributed by atoms with van der Waals surface area (Å²) >= 11 is 3.56. The van der Waals surface area contributed by atoms with E-state index >= 15 is 0 Å². The van der Waals surface area contributed by atoms with E-state index in [9.17, 15) is 0 Å². The van der Waals surface area contributed by atoms with Gasteiger partial charge in [-0.2, -0.15) is 0 Å². The highest BCUT2D eigenvalue weighted by molar-refractivity contribution is 9.10. The molecular formula is C14H18BrNO2. The first-order valence-corrected chi connectivity index (χ1v) is 7.27. The number of halogens is 1. The number of benzene rings is 1. The van der Waals surface area contributed by atoms with Gasteiger partial charge in [0.25, 0.3) is 0 Å². The lowest BCUT2D eigenvalue weighted by atomic mass is 10.1. The topological polar surface area (TPSA) is 30.5 Å². The maximum atomic E-state index is 5.46. The van der Waals surface area contributed by atoms with E-state index in [1.165, 1.54) is 12.0 Å². The Balaban J connectivity index is 1.70. The Labute approximate surface area is 116 Å². The molecule has 4 heteroatoms. The van der Waals surface area contributed by atoms with E-state index in [0.29, 0.717) is 18.8 Å². The van der Waals surface area contributed by atoms with Crippen molar-refractivity contribution < 1.29 is 9.47 Å². The van der Waals surface area contributed by atoms with Crippen LogP contribution in [0.5, 0.6) is 11.5 Å². The third-order valence-electron chi connectivity index (χ3n) is 3.59. The highest BCUT2D eigenvalue weighted by Crippen LogP contribution is 2.51. The fourth-order valence-electron chi connectivity index (χ4n) is 2.47. The first-order chi connectivity index (χ1) is 8.65. The van der Waals surface area contributed by atoms with Gasteiger partial charge < -0.3 is 14.8 Å². The van der Waals surface area contributed by atoms with Crippen molar-refractivity contribution in [1.82, 2.24) is 5.32 Å². The van der Waals surface area contributed by atoms with E-state index in [0.717, 1.165) is 28.4 Å². The Kier molecular flexibility index (Phi) is 3.24.